The first-order valence-corrected chi connectivity index (χ1v) is 12.5. The van der Waals surface area contributed by atoms with Gasteiger partial charge in [0.1, 0.15) is 11.8 Å². The summed E-state index contributed by atoms with van der Waals surface area (Å²) in [6.45, 7) is 4.08. The van der Waals surface area contributed by atoms with E-state index in [0.717, 1.165) is 22.2 Å². The number of thiocarbonyl (C=S) groups is 1. The van der Waals surface area contributed by atoms with E-state index >= 15 is 0 Å². The molecular weight excluding hydrogens is 428 g/mol. The number of nitrogens with zero attached hydrogens (tertiary/aromatic N) is 3. The van der Waals surface area contributed by atoms with Crippen LogP contribution in [0.15, 0.2) is 67.0 Å². The van der Waals surface area contributed by atoms with E-state index in [-0.39, 0.29) is 18.2 Å². The molecule has 6 heteroatoms. The summed E-state index contributed by atoms with van der Waals surface area (Å²) in [6, 6.07) is 19.3. The highest BCUT2D eigenvalue weighted by Gasteiger charge is 2.42. The summed E-state index contributed by atoms with van der Waals surface area (Å²) in [7, 11) is 0. The van der Waals surface area contributed by atoms with Crippen molar-refractivity contribution >= 4 is 23.0 Å². The van der Waals surface area contributed by atoms with E-state index in [1.54, 1.807) is 0 Å². The Balaban J connectivity index is 1.55. The second-order valence-corrected chi connectivity index (χ2v) is 9.68. The van der Waals surface area contributed by atoms with Crippen molar-refractivity contribution in [3.63, 3.8) is 0 Å². The molecule has 2 aromatic heterocycles. The normalized spacial score (nSPS) is 21.4. The summed E-state index contributed by atoms with van der Waals surface area (Å²) in [5.74, 6) is 0.871. The van der Waals surface area contributed by atoms with Crippen molar-refractivity contribution in [2.24, 2.45) is 0 Å². The summed E-state index contributed by atoms with van der Waals surface area (Å²) in [6.07, 6.45) is 10.7. The molecule has 172 valence electrons. The van der Waals surface area contributed by atoms with Gasteiger partial charge in [0.2, 0.25) is 0 Å². The molecule has 5 nitrogen and oxygen atoms in total. The van der Waals surface area contributed by atoms with Gasteiger partial charge in [-0.05, 0) is 87.4 Å². The van der Waals surface area contributed by atoms with Crippen LogP contribution in [-0.4, -0.2) is 20.8 Å². The first-order valence-electron chi connectivity index (χ1n) is 12.1. The molecule has 1 aromatic carbocycles. The summed E-state index contributed by atoms with van der Waals surface area (Å²) in [4.78, 5) is 6.95. The minimum absolute atomic E-state index is 0.0150. The third kappa shape index (κ3) is 4.49. The van der Waals surface area contributed by atoms with Crippen LogP contribution in [0, 0.1) is 0 Å². The molecule has 3 heterocycles. The van der Waals surface area contributed by atoms with Crippen LogP contribution in [0.4, 0.5) is 5.69 Å². The van der Waals surface area contributed by atoms with Crippen LogP contribution in [0.2, 0.25) is 0 Å². The number of anilines is 1. The van der Waals surface area contributed by atoms with Gasteiger partial charge in [0.25, 0.3) is 0 Å². The number of hydrogen-bond acceptors (Lipinski definition) is 3. The Kier molecular flexibility index (Phi) is 6.36. The van der Waals surface area contributed by atoms with Crippen LogP contribution >= 0.6 is 12.2 Å². The van der Waals surface area contributed by atoms with Crippen molar-refractivity contribution < 1.29 is 4.74 Å². The van der Waals surface area contributed by atoms with Gasteiger partial charge in [-0.3, -0.25) is 4.98 Å². The second-order valence-electron chi connectivity index (χ2n) is 9.29. The summed E-state index contributed by atoms with van der Waals surface area (Å²) in [5.41, 5.74) is 3.35. The number of ether oxygens (including phenoxy) is 1. The molecule has 33 heavy (non-hydrogen) atoms. The van der Waals surface area contributed by atoms with Crippen LogP contribution in [-0.2, 0) is 0 Å². The lowest BCUT2D eigenvalue weighted by molar-refractivity contribution is 0.242. The minimum atomic E-state index is -0.0254. The molecule has 1 aliphatic carbocycles. The lowest BCUT2D eigenvalue weighted by atomic mass is 9.94. The number of pyridine rings is 1. The van der Waals surface area contributed by atoms with Gasteiger partial charge in [0.05, 0.1) is 17.8 Å². The summed E-state index contributed by atoms with van der Waals surface area (Å²) < 4.78 is 8.36. The SMILES string of the molecule is CC(C)Oc1ccc(N2C(=S)N[C@@H](c3ccccn3)[C@H]2c2cccn2C2CCCCC2)cc1. The fraction of sp³-hybridized carbons (Fsp3) is 0.407. The third-order valence-corrected chi connectivity index (χ3v) is 6.98. The highest BCUT2D eigenvalue weighted by molar-refractivity contribution is 7.80. The number of hydrogen-bond donors (Lipinski definition) is 1. The van der Waals surface area contributed by atoms with Crippen molar-refractivity contribution in [3.8, 4) is 5.75 Å². The predicted octanol–water partition coefficient (Wildman–Crippen LogP) is 6.35. The molecule has 0 amide bonds. The summed E-state index contributed by atoms with van der Waals surface area (Å²) in [5, 5.41) is 4.31. The number of aromatic nitrogens is 2. The fourth-order valence-electron chi connectivity index (χ4n) is 5.24. The predicted molar refractivity (Wildman–Crippen MR) is 137 cm³/mol. The maximum absolute atomic E-state index is 5.90. The lowest BCUT2D eigenvalue weighted by Gasteiger charge is -2.32. The molecule has 1 saturated heterocycles. The molecule has 3 aromatic rings. The van der Waals surface area contributed by atoms with Gasteiger partial charge >= 0.3 is 0 Å². The summed E-state index contributed by atoms with van der Waals surface area (Å²) >= 11 is 5.90. The quantitative estimate of drug-likeness (QED) is 0.434. The Hall–Kier alpha value is -2.86. The molecule has 0 spiro atoms. The van der Waals surface area contributed by atoms with E-state index < -0.39 is 0 Å². The average Bonchev–Trinajstić information content (AvgIpc) is 3.45. The van der Waals surface area contributed by atoms with Gasteiger partial charge in [-0.1, -0.05) is 25.3 Å². The monoisotopic (exact) mass is 460 g/mol. The smallest absolute Gasteiger partial charge is 0.174 e. The van der Waals surface area contributed by atoms with Crippen LogP contribution in [0.1, 0.15) is 75.5 Å². The number of benzene rings is 1. The van der Waals surface area contributed by atoms with Crippen LogP contribution < -0.4 is 15.0 Å². The minimum Gasteiger partial charge on any atom is -0.491 e. The second kappa shape index (κ2) is 9.56. The van der Waals surface area contributed by atoms with Gasteiger partial charge in [0.15, 0.2) is 5.11 Å². The fourth-order valence-corrected chi connectivity index (χ4v) is 5.59. The Morgan fingerprint density at radius 1 is 1.00 bits per heavy atom. The van der Waals surface area contributed by atoms with Crippen molar-refractivity contribution in [1.82, 2.24) is 14.9 Å². The van der Waals surface area contributed by atoms with E-state index in [1.165, 1.54) is 37.8 Å². The molecule has 1 N–H and O–H groups in total. The molecule has 0 unspecified atom stereocenters. The zero-order chi connectivity index (χ0) is 22.8. The molecule has 2 aliphatic rings. The van der Waals surface area contributed by atoms with Crippen LogP contribution in [0.5, 0.6) is 5.75 Å². The third-order valence-electron chi connectivity index (χ3n) is 6.67. The van der Waals surface area contributed by atoms with E-state index in [1.807, 2.05) is 44.3 Å². The first-order chi connectivity index (χ1) is 16.1. The lowest BCUT2D eigenvalue weighted by Crippen LogP contribution is -2.31. The maximum atomic E-state index is 5.90. The van der Waals surface area contributed by atoms with E-state index in [9.17, 15) is 0 Å². The highest BCUT2D eigenvalue weighted by atomic mass is 32.1. The standard InChI is InChI=1S/C27H32N4OS/c1-19(2)32-22-15-13-21(14-16-22)31-26(25(29-27(31)33)23-11-6-7-17-28-23)24-12-8-18-30(24)20-9-4-3-5-10-20/h6-8,11-20,25-26H,3-5,9-10H2,1-2H3,(H,29,33)/t25-,26+/m0/s1. The molecule has 5 rings (SSSR count). The number of nitrogens with one attached hydrogen (secondary N) is 1. The van der Waals surface area contributed by atoms with Crippen LogP contribution in [0.3, 0.4) is 0 Å². The van der Waals surface area contributed by atoms with Crippen molar-refractivity contribution in [2.75, 3.05) is 4.90 Å². The molecule has 0 bridgehead atoms. The Bertz CT molecular complexity index is 1070. The Morgan fingerprint density at radius 2 is 1.79 bits per heavy atom. The molecule has 1 aliphatic heterocycles. The van der Waals surface area contributed by atoms with Gasteiger partial charge in [-0.2, -0.15) is 0 Å². The Morgan fingerprint density at radius 3 is 2.48 bits per heavy atom. The average molecular weight is 461 g/mol. The van der Waals surface area contributed by atoms with E-state index in [2.05, 4.69) is 51.3 Å². The van der Waals surface area contributed by atoms with Crippen LogP contribution in [0.25, 0.3) is 0 Å². The largest absolute Gasteiger partial charge is 0.491 e. The van der Waals surface area contributed by atoms with Gasteiger partial charge in [0, 0.05) is 29.8 Å². The van der Waals surface area contributed by atoms with E-state index in [4.69, 9.17) is 21.9 Å². The number of rotatable bonds is 6. The van der Waals surface area contributed by atoms with Gasteiger partial charge in [-0.25, -0.2) is 0 Å². The van der Waals surface area contributed by atoms with Crippen molar-refractivity contribution in [1.29, 1.82) is 0 Å². The Labute approximate surface area is 201 Å². The molecule has 0 radical (unpaired) electrons. The highest BCUT2D eigenvalue weighted by Crippen LogP contribution is 2.43. The zero-order valence-corrected chi connectivity index (χ0v) is 20.2. The molecule has 2 atom stereocenters. The molecular formula is C27H32N4OS. The van der Waals surface area contributed by atoms with Gasteiger partial charge < -0.3 is 19.5 Å². The van der Waals surface area contributed by atoms with E-state index in [0.29, 0.717) is 6.04 Å². The van der Waals surface area contributed by atoms with Gasteiger partial charge in [-0.15, -0.1) is 0 Å². The van der Waals surface area contributed by atoms with Crippen molar-refractivity contribution in [3.05, 3.63) is 78.4 Å². The zero-order valence-electron chi connectivity index (χ0n) is 19.4. The topological polar surface area (TPSA) is 42.3 Å². The van der Waals surface area contributed by atoms with Crippen molar-refractivity contribution in [2.45, 2.75) is 70.2 Å². The first kappa shape index (κ1) is 22.0. The molecule has 1 saturated carbocycles. The maximum Gasteiger partial charge on any atom is 0.174 e. The molecule has 2 fully saturated rings.